The zero-order valence-corrected chi connectivity index (χ0v) is 18.5. The van der Waals surface area contributed by atoms with Crippen molar-refractivity contribution in [3.05, 3.63) is 66.2 Å². The van der Waals surface area contributed by atoms with Crippen LogP contribution in [-0.4, -0.2) is 51.8 Å². The molecule has 0 spiro atoms. The van der Waals surface area contributed by atoms with Crippen LogP contribution < -0.4 is 5.32 Å². The molecule has 1 aliphatic rings. The number of pyridine rings is 1. The molecule has 1 aliphatic carbocycles. The van der Waals surface area contributed by atoms with E-state index in [-0.39, 0.29) is 18.9 Å². The lowest BCUT2D eigenvalue weighted by molar-refractivity contribution is 0.0929. The second kappa shape index (κ2) is 7.79. The molecule has 1 aromatic carbocycles. The summed E-state index contributed by atoms with van der Waals surface area (Å²) in [5.74, 6) is -3.42. The Balaban J connectivity index is 1.25. The highest BCUT2D eigenvalue weighted by Crippen LogP contribution is 2.49. The number of aromatic nitrogens is 8. The number of H-pyrrole nitrogens is 1. The summed E-state index contributed by atoms with van der Waals surface area (Å²) in [5.41, 5.74) is 4.88. The number of aryl methyl sites for hydroxylation is 1. The highest BCUT2D eigenvalue weighted by molar-refractivity contribution is 6.09. The van der Waals surface area contributed by atoms with Crippen molar-refractivity contribution in [1.82, 2.24) is 40.0 Å². The zero-order chi connectivity index (χ0) is 24.2. The standard InChI is InChI=1S/C23H19F2N9O/c1-13-2-3-15(21-30-32-34(31-21)12-17-8-23(17,24)25)6-19(13)29-22(35)18-11-28-33-5-4-14(7-20(18)33)16-9-26-27-10-16/h2-7,9-11,17H,8,12H2,1H3,(H,26,27)(H,29,35). The number of aromatic amines is 1. The second-order valence-electron chi connectivity index (χ2n) is 8.60. The van der Waals surface area contributed by atoms with Crippen LogP contribution in [0.1, 0.15) is 22.3 Å². The van der Waals surface area contributed by atoms with E-state index in [1.165, 1.54) is 11.0 Å². The van der Waals surface area contributed by atoms with Crippen LogP contribution in [0.2, 0.25) is 0 Å². The number of rotatable bonds is 6. The number of hydrogen-bond donors (Lipinski definition) is 2. The second-order valence-corrected chi connectivity index (χ2v) is 8.60. The van der Waals surface area contributed by atoms with Gasteiger partial charge in [0, 0.05) is 41.5 Å². The monoisotopic (exact) mass is 475 g/mol. The van der Waals surface area contributed by atoms with E-state index >= 15 is 0 Å². The fourth-order valence-corrected chi connectivity index (χ4v) is 3.93. The number of anilines is 1. The van der Waals surface area contributed by atoms with E-state index in [0.29, 0.717) is 28.2 Å². The SMILES string of the molecule is Cc1ccc(-c2nnn(CC3CC3(F)F)n2)cc1NC(=O)c1cnn2ccc(-c3cn[nH]c3)cc12. The molecular weight excluding hydrogens is 456 g/mol. The molecule has 176 valence electrons. The van der Waals surface area contributed by atoms with Crippen molar-refractivity contribution in [3.63, 3.8) is 0 Å². The minimum absolute atomic E-state index is 0.0188. The van der Waals surface area contributed by atoms with Gasteiger partial charge in [0.15, 0.2) is 0 Å². The summed E-state index contributed by atoms with van der Waals surface area (Å²) < 4.78 is 28.0. The summed E-state index contributed by atoms with van der Waals surface area (Å²) >= 11 is 0. The highest BCUT2D eigenvalue weighted by Gasteiger charge is 2.57. The lowest BCUT2D eigenvalue weighted by Gasteiger charge is -2.09. The zero-order valence-electron chi connectivity index (χ0n) is 18.5. The van der Waals surface area contributed by atoms with E-state index < -0.39 is 11.8 Å². The number of benzene rings is 1. The molecule has 1 unspecified atom stereocenters. The third kappa shape index (κ3) is 3.92. The third-order valence-electron chi connectivity index (χ3n) is 6.13. The Hall–Kier alpha value is -4.48. The number of carbonyl (C=O) groups excluding carboxylic acids is 1. The Morgan fingerprint density at radius 1 is 1.20 bits per heavy atom. The van der Waals surface area contributed by atoms with E-state index in [2.05, 4.69) is 36.0 Å². The summed E-state index contributed by atoms with van der Waals surface area (Å²) in [5, 5.41) is 26.1. The number of alkyl halides is 2. The third-order valence-corrected chi connectivity index (χ3v) is 6.13. The van der Waals surface area contributed by atoms with Crippen molar-refractivity contribution in [3.8, 4) is 22.5 Å². The molecule has 35 heavy (non-hydrogen) atoms. The molecule has 5 aromatic rings. The molecule has 1 fully saturated rings. The molecule has 4 heterocycles. The average Bonchev–Trinajstić information content (AvgIpc) is 3.39. The number of amides is 1. The summed E-state index contributed by atoms with van der Waals surface area (Å²) in [6.07, 6.45) is 6.63. The van der Waals surface area contributed by atoms with Crippen molar-refractivity contribution >= 4 is 17.1 Å². The van der Waals surface area contributed by atoms with Crippen molar-refractivity contribution in [2.75, 3.05) is 5.32 Å². The molecule has 0 bridgehead atoms. The first kappa shape index (κ1) is 21.1. The van der Waals surface area contributed by atoms with Crippen LogP contribution in [0.4, 0.5) is 14.5 Å². The van der Waals surface area contributed by atoms with E-state index in [4.69, 9.17) is 0 Å². The predicted molar refractivity (Wildman–Crippen MR) is 122 cm³/mol. The number of tetrazole rings is 1. The topological polar surface area (TPSA) is 119 Å². The van der Waals surface area contributed by atoms with E-state index in [1.807, 2.05) is 25.1 Å². The highest BCUT2D eigenvalue weighted by atomic mass is 19.3. The maximum atomic E-state index is 13.2. The van der Waals surface area contributed by atoms with Gasteiger partial charge in [-0.05, 0) is 41.5 Å². The first-order chi connectivity index (χ1) is 16.9. The maximum absolute atomic E-state index is 13.2. The van der Waals surface area contributed by atoms with E-state index in [0.717, 1.165) is 16.7 Å². The predicted octanol–water partition coefficient (Wildman–Crippen LogP) is 3.59. The molecule has 10 nitrogen and oxygen atoms in total. The van der Waals surface area contributed by atoms with Gasteiger partial charge in [-0.2, -0.15) is 15.0 Å². The van der Waals surface area contributed by atoms with Gasteiger partial charge >= 0.3 is 0 Å². The van der Waals surface area contributed by atoms with Crippen LogP contribution in [0.3, 0.4) is 0 Å². The quantitative estimate of drug-likeness (QED) is 0.387. The first-order valence-corrected chi connectivity index (χ1v) is 10.9. The molecule has 1 saturated carbocycles. The Morgan fingerprint density at radius 2 is 2.06 bits per heavy atom. The van der Waals surface area contributed by atoms with Crippen LogP contribution >= 0.6 is 0 Å². The van der Waals surface area contributed by atoms with Gasteiger partial charge in [0.1, 0.15) is 0 Å². The van der Waals surface area contributed by atoms with E-state index in [1.54, 1.807) is 35.2 Å². The normalized spacial score (nSPS) is 16.5. The number of nitrogens with zero attached hydrogens (tertiary/aromatic N) is 7. The number of halogens is 2. The number of hydrogen-bond acceptors (Lipinski definition) is 6. The summed E-state index contributed by atoms with van der Waals surface area (Å²) in [4.78, 5) is 14.4. The van der Waals surface area contributed by atoms with Crippen molar-refractivity contribution in [2.45, 2.75) is 25.8 Å². The average molecular weight is 475 g/mol. The van der Waals surface area contributed by atoms with Gasteiger partial charge in [0.05, 0.1) is 30.0 Å². The van der Waals surface area contributed by atoms with Crippen LogP contribution in [0, 0.1) is 12.8 Å². The van der Waals surface area contributed by atoms with Crippen molar-refractivity contribution in [2.24, 2.45) is 5.92 Å². The fourth-order valence-electron chi connectivity index (χ4n) is 3.93. The van der Waals surface area contributed by atoms with Crippen LogP contribution in [0.25, 0.3) is 28.0 Å². The molecule has 0 aliphatic heterocycles. The largest absolute Gasteiger partial charge is 0.322 e. The summed E-state index contributed by atoms with van der Waals surface area (Å²) in [7, 11) is 0. The van der Waals surface area contributed by atoms with Crippen LogP contribution in [0.5, 0.6) is 0 Å². The molecule has 12 heteroatoms. The van der Waals surface area contributed by atoms with Gasteiger partial charge in [-0.3, -0.25) is 9.89 Å². The van der Waals surface area contributed by atoms with Crippen molar-refractivity contribution in [1.29, 1.82) is 0 Å². The molecular formula is C23H19F2N9O. The van der Waals surface area contributed by atoms with Gasteiger partial charge in [-0.15, -0.1) is 10.2 Å². The van der Waals surface area contributed by atoms with Gasteiger partial charge in [-0.1, -0.05) is 12.1 Å². The lowest BCUT2D eigenvalue weighted by Crippen LogP contribution is -2.12. The molecule has 0 radical (unpaired) electrons. The van der Waals surface area contributed by atoms with Crippen LogP contribution in [-0.2, 0) is 6.54 Å². The molecule has 1 amide bonds. The molecule has 2 N–H and O–H groups in total. The number of fused-ring (bicyclic) bond motifs is 1. The Bertz CT molecular complexity index is 1550. The summed E-state index contributed by atoms with van der Waals surface area (Å²) in [6, 6.07) is 9.13. The van der Waals surface area contributed by atoms with Crippen LogP contribution in [0.15, 0.2) is 55.1 Å². The summed E-state index contributed by atoms with van der Waals surface area (Å²) in [6.45, 7) is 1.89. The molecule has 0 saturated heterocycles. The minimum atomic E-state index is -2.65. The van der Waals surface area contributed by atoms with Gasteiger partial charge in [0.2, 0.25) is 5.82 Å². The Kier molecular flexibility index (Phi) is 4.69. The molecule has 1 atom stereocenters. The van der Waals surface area contributed by atoms with Gasteiger partial charge in [0.25, 0.3) is 11.8 Å². The molecule has 6 rings (SSSR count). The fraction of sp³-hybridized carbons (Fsp3) is 0.217. The smallest absolute Gasteiger partial charge is 0.259 e. The maximum Gasteiger partial charge on any atom is 0.259 e. The van der Waals surface area contributed by atoms with E-state index in [9.17, 15) is 13.6 Å². The van der Waals surface area contributed by atoms with Gasteiger partial charge in [-0.25, -0.2) is 13.3 Å². The Morgan fingerprint density at radius 3 is 2.83 bits per heavy atom. The van der Waals surface area contributed by atoms with Crippen molar-refractivity contribution < 1.29 is 13.6 Å². The number of carbonyl (C=O) groups is 1. The molecule has 4 aromatic heterocycles. The Labute approximate surface area is 197 Å². The van der Waals surface area contributed by atoms with Gasteiger partial charge < -0.3 is 5.32 Å². The minimum Gasteiger partial charge on any atom is -0.322 e. The number of nitrogens with one attached hydrogen (secondary N) is 2. The first-order valence-electron chi connectivity index (χ1n) is 10.9. The lowest BCUT2D eigenvalue weighted by atomic mass is 10.1.